The van der Waals surface area contributed by atoms with Gasteiger partial charge in [0.25, 0.3) is 0 Å². The van der Waals surface area contributed by atoms with Gasteiger partial charge in [0.2, 0.25) is 5.88 Å². The van der Waals surface area contributed by atoms with Crippen LogP contribution in [0.5, 0.6) is 5.75 Å². The molecule has 3 aromatic rings. The molecule has 1 aliphatic carbocycles. The van der Waals surface area contributed by atoms with Gasteiger partial charge in [0, 0.05) is 18.4 Å². The third kappa shape index (κ3) is 4.44. The number of nitrogens with two attached hydrogens (primary N) is 1. The van der Waals surface area contributed by atoms with E-state index in [1.807, 2.05) is 36.4 Å². The maximum atomic E-state index is 12.9. The number of methoxy groups -OCH3 is 1. The Morgan fingerprint density at radius 1 is 1.09 bits per heavy atom. The molecule has 1 aliphatic heterocycles. The Hall–Kier alpha value is -3.58. The first-order chi connectivity index (χ1) is 17.0. The van der Waals surface area contributed by atoms with Crippen molar-refractivity contribution in [2.45, 2.75) is 31.8 Å². The molecule has 0 saturated carbocycles. The number of allylic oxidation sites excluding steroid dienone is 2. The van der Waals surface area contributed by atoms with E-state index in [9.17, 15) is 9.59 Å². The van der Waals surface area contributed by atoms with Gasteiger partial charge in [-0.15, -0.1) is 0 Å². The number of carbonyl (C=O) groups excluding carboxylic acids is 2. The van der Waals surface area contributed by atoms with Gasteiger partial charge in [0.05, 0.1) is 17.5 Å². The number of ketones is 1. The van der Waals surface area contributed by atoms with E-state index in [4.69, 9.17) is 19.9 Å². The fourth-order valence-electron chi connectivity index (χ4n) is 4.70. The highest BCUT2D eigenvalue weighted by Gasteiger charge is 2.41. The lowest BCUT2D eigenvalue weighted by molar-refractivity contribution is -0.136. The van der Waals surface area contributed by atoms with E-state index in [0.29, 0.717) is 47.4 Å². The van der Waals surface area contributed by atoms with Gasteiger partial charge in [-0.3, -0.25) is 4.79 Å². The second-order valence-corrected chi connectivity index (χ2v) is 9.43. The number of esters is 1. The highest BCUT2D eigenvalue weighted by molar-refractivity contribution is 9.10. The molecule has 0 spiro atoms. The fraction of sp³-hybridized carbons (Fsp3) is 0.214. The Labute approximate surface area is 211 Å². The molecule has 7 heteroatoms. The van der Waals surface area contributed by atoms with E-state index in [1.165, 1.54) is 12.5 Å². The molecule has 0 bridgehead atoms. The molecule has 0 amide bonds. The summed E-state index contributed by atoms with van der Waals surface area (Å²) >= 11 is 3.60. The van der Waals surface area contributed by atoms with Crippen molar-refractivity contribution in [2.75, 3.05) is 7.11 Å². The molecule has 3 aromatic carbocycles. The third-order valence-corrected chi connectivity index (χ3v) is 7.01. The summed E-state index contributed by atoms with van der Waals surface area (Å²) in [5, 5.41) is 2.33. The maximum Gasteiger partial charge on any atom is 0.340 e. The first-order valence-corrected chi connectivity index (χ1v) is 12.2. The van der Waals surface area contributed by atoms with Crippen LogP contribution in [-0.4, -0.2) is 18.9 Å². The number of Topliss-reactive ketones (excluding diaryl/α,β-unsaturated/α-hetero) is 1. The summed E-state index contributed by atoms with van der Waals surface area (Å²) < 4.78 is 17.5. The molecule has 2 N–H and O–H groups in total. The molecule has 2 aliphatic rings. The Morgan fingerprint density at radius 3 is 2.66 bits per heavy atom. The third-order valence-electron chi connectivity index (χ3n) is 6.39. The Bertz CT molecular complexity index is 1410. The van der Waals surface area contributed by atoms with E-state index >= 15 is 0 Å². The number of hydrogen-bond donors (Lipinski definition) is 1. The molecular weight excluding hydrogens is 510 g/mol. The van der Waals surface area contributed by atoms with Crippen molar-refractivity contribution in [1.82, 2.24) is 0 Å². The van der Waals surface area contributed by atoms with Gasteiger partial charge < -0.3 is 19.9 Å². The smallest absolute Gasteiger partial charge is 0.340 e. The minimum Gasteiger partial charge on any atom is -0.488 e. The number of ether oxygens (including phenoxy) is 3. The van der Waals surface area contributed by atoms with Crippen molar-refractivity contribution in [2.24, 2.45) is 5.73 Å². The first-order valence-electron chi connectivity index (χ1n) is 11.4. The second kappa shape index (κ2) is 9.58. The number of fused-ring (bicyclic) bond motifs is 1. The molecule has 1 atom stereocenters. The van der Waals surface area contributed by atoms with Crippen molar-refractivity contribution in [3.8, 4) is 5.75 Å². The lowest BCUT2D eigenvalue weighted by atomic mass is 9.77. The number of hydrogen-bond acceptors (Lipinski definition) is 6. The zero-order chi connectivity index (χ0) is 24.5. The topological polar surface area (TPSA) is 87.9 Å². The van der Waals surface area contributed by atoms with Gasteiger partial charge in [-0.1, -0.05) is 42.5 Å². The van der Waals surface area contributed by atoms with Gasteiger partial charge in [-0.25, -0.2) is 4.79 Å². The van der Waals surface area contributed by atoms with Crippen LogP contribution in [0.3, 0.4) is 0 Å². The summed E-state index contributed by atoms with van der Waals surface area (Å²) in [5.41, 5.74) is 8.52. The quantitative estimate of drug-likeness (QED) is 0.426. The highest BCUT2D eigenvalue weighted by atomic mass is 79.9. The van der Waals surface area contributed by atoms with E-state index in [0.717, 1.165) is 16.5 Å². The van der Waals surface area contributed by atoms with Crippen molar-refractivity contribution < 1.29 is 23.8 Å². The van der Waals surface area contributed by atoms with Gasteiger partial charge in [0.15, 0.2) is 5.78 Å². The zero-order valence-electron chi connectivity index (χ0n) is 19.2. The normalized spacial score (nSPS) is 17.8. The molecule has 0 radical (unpaired) electrons. The van der Waals surface area contributed by atoms with E-state index < -0.39 is 11.9 Å². The SMILES string of the molecule is COC(=O)C1=C(N)OC2=C(C(=O)CCC2)[C@@H]1c1ccc(OCc2ccc3ccccc3c2)c(Br)c1. The maximum absolute atomic E-state index is 12.9. The first kappa shape index (κ1) is 23.2. The summed E-state index contributed by atoms with van der Waals surface area (Å²) in [6.45, 7) is 0.397. The van der Waals surface area contributed by atoms with Crippen LogP contribution in [0.25, 0.3) is 10.8 Å². The number of rotatable bonds is 5. The van der Waals surface area contributed by atoms with E-state index in [-0.39, 0.29) is 17.2 Å². The predicted molar refractivity (Wildman–Crippen MR) is 135 cm³/mol. The van der Waals surface area contributed by atoms with Crippen LogP contribution >= 0.6 is 15.9 Å². The Balaban J connectivity index is 1.45. The summed E-state index contributed by atoms with van der Waals surface area (Å²) in [5.74, 6) is -0.171. The number of carbonyl (C=O) groups is 2. The van der Waals surface area contributed by atoms with Crippen molar-refractivity contribution in [1.29, 1.82) is 0 Å². The van der Waals surface area contributed by atoms with Crippen LogP contribution in [0.2, 0.25) is 0 Å². The average molecular weight is 534 g/mol. The Morgan fingerprint density at radius 2 is 1.89 bits per heavy atom. The molecule has 0 saturated heterocycles. The van der Waals surface area contributed by atoms with Gasteiger partial charge in [-0.2, -0.15) is 0 Å². The molecule has 0 unspecified atom stereocenters. The zero-order valence-corrected chi connectivity index (χ0v) is 20.8. The number of benzene rings is 3. The van der Waals surface area contributed by atoms with Gasteiger partial charge >= 0.3 is 5.97 Å². The lowest BCUT2D eigenvalue weighted by Crippen LogP contribution is -2.31. The van der Waals surface area contributed by atoms with Gasteiger partial charge in [-0.05, 0) is 62.4 Å². The van der Waals surface area contributed by atoms with Crippen LogP contribution < -0.4 is 10.5 Å². The molecule has 0 fully saturated rings. The monoisotopic (exact) mass is 533 g/mol. The van der Waals surface area contributed by atoms with Crippen molar-refractivity contribution in [3.63, 3.8) is 0 Å². The molecule has 178 valence electrons. The summed E-state index contributed by atoms with van der Waals surface area (Å²) in [6.07, 6.45) is 1.69. The van der Waals surface area contributed by atoms with Crippen LogP contribution in [0, 0.1) is 0 Å². The second-order valence-electron chi connectivity index (χ2n) is 8.58. The molecular formula is C28H24BrNO5. The fourth-order valence-corrected chi connectivity index (χ4v) is 5.21. The molecule has 6 nitrogen and oxygen atoms in total. The summed E-state index contributed by atoms with van der Waals surface area (Å²) in [6, 6.07) is 19.9. The number of halogens is 1. The van der Waals surface area contributed by atoms with Crippen LogP contribution in [0.15, 0.2) is 87.9 Å². The largest absolute Gasteiger partial charge is 0.488 e. The van der Waals surface area contributed by atoms with Crippen LogP contribution in [-0.2, 0) is 25.7 Å². The summed E-state index contributed by atoms with van der Waals surface area (Å²) in [7, 11) is 1.28. The molecule has 0 aromatic heterocycles. The Kier molecular flexibility index (Phi) is 6.34. The standard InChI is InChI=1S/C28H24BrNO5/c1-33-28(32)26-24(25-21(31)7-4-8-23(25)35-27(26)30)19-11-12-22(20(29)14-19)34-15-16-9-10-17-5-2-3-6-18(17)13-16/h2-3,5-6,9-14,24H,4,7-8,15,30H2,1H3/t24-/m0/s1. The predicted octanol–water partition coefficient (Wildman–Crippen LogP) is 5.65. The van der Waals surface area contributed by atoms with Crippen LogP contribution in [0.1, 0.15) is 36.3 Å². The minimum atomic E-state index is -0.662. The molecule has 1 heterocycles. The van der Waals surface area contributed by atoms with Crippen molar-refractivity contribution in [3.05, 3.63) is 99.1 Å². The van der Waals surface area contributed by atoms with E-state index in [2.05, 4.69) is 40.2 Å². The van der Waals surface area contributed by atoms with Crippen LogP contribution in [0.4, 0.5) is 0 Å². The highest BCUT2D eigenvalue weighted by Crippen LogP contribution is 2.45. The molecule has 35 heavy (non-hydrogen) atoms. The molecule has 5 rings (SSSR count). The summed E-state index contributed by atoms with van der Waals surface area (Å²) in [4.78, 5) is 25.5. The van der Waals surface area contributed by atoms with Crippen molar-refractivity contribution >= 4 is 38.5 Å². The van der Waals surface area contributed by atoms with E-state index in [1.54, 1.807) is 0 Å². The lowest BCUT2D eigenvalue weighted by Gasteiger charge is -2.32. The van der Waals surface area contributed by atoms with Gasteiger partial charge in [0.1, 0.15) is 23.7 Å². The minimum absolute atomic E-state index is 0.0250. The average Bonchev–Trinajstić information content (AvgIpc) is 2.86.